The summed E-state index contributed by atoms with van der Waals surface area (Å²) in [5.41, 5.74) is 5.52. The van der Waals surface area contributed by atoms with Crippen molar-refractivity contribution >= 4 is 39.5 Å². The van der Waals surface area contributed by atoms with E-state index in [1.807, 2.05) is 54.3 Å². The van der Waals surface area contributed by atoms with Crippen molar-refractivity contribution < 1.29 is 9.47 Å². The molecule has 0 amide bonds. The second-order valence-electron chi connectivity index (χ2n) is 10.1. The molecule has 2 fully saturated rings. The van der Waals surface area contributed by atoms with Gasteiger partial charge in [0.2, 0.25) is 5.95 Å². The number of pyridine rings is 1. The Morgan fingerprint density at radius 3 is 2.82 bits per heavy atom. The standard InChI is InChI=1S/C30H31N7O2/c1-2-38-22-7-5-6-19(16-22)23-13-14-31-25-12-11-21(17-24(23)25)34-30-35-28(33-20-9-10-20)27-29(36-30)37(18-32-27)26-8-3-4-15-39-26/h5-7,11-14,16-18,20,26H,2-4,8-10,15H2,1H3,(H2,33,34,35,36). The lowest BCUT2D eigenvalue weighted by atomic mass is 10.0. The van der Waals surface area contributed by atoms with Crippen molar-refractivity contribution in [3.63, 3.8) is 0 Å². The number of aromatic nitrogens is 5. The van der Waals surface area contributed by atoms with E-state index < -0.39 is 0 Å². The maximum absolute atomic E-state index is 6.05. The molecule has 7 rings (SSSR count). The Bertz CT molecular complexity index is 1640. The van der Waals surface area contributed by atoms with Crippen LogP contribution in [-0.2, 0) is 4.74 Å². The van der Waals surface area contributed by atoms with Gasteiger partial charge >= 0.3 is 0 Å². The van der Waals surface area contributed by atoms with Crippen LogP contribution in [0, 0.1) is 0 Å². The number of nitrogens with zero attached hydrogens (tertiary/aromatic N) is 5. The van der Waals surface area contributed by atoms with Crippen molar-refractivity contribution in [3.05, 3.63) is 61.1 Å². The Kier molecular flexibility index (Phi) is 6.20. The molecule has 0 spiro atoms. The van der Waals surface area contributed by atoms with Crippen molar-refractivity contribution in [3.8, 4) is 16.9 Å². The highest BCUT2D eigenvalue weighted by atomic mass is 16.5. The summed E-state index contributed by atoms with van der Waals surface area (Å²) in [5, 5.41) is 8.04. The van der Waals surface area contributed by atoms with E-state index in [2.05, 4.69) is 38.8 Å². The van der Waals surface area contributed by atoms with Crippen LogP contribution in [0.4, 0.5) is 17.5 Å². The third-order valence-corrected chi connectivity index (χ3v) is 7.26. The summed E-state index contributed by atoms with van der Waals surface area (Å²) in [6.07, 6.45) is 9.09. The first-order valence-electron chi connectivity index (χ1n) is 13.8. The minimum atomic E-state index is -0.0537. The van der Waals surface area contributed by atoms with Crippen molar-refractivity contribution in [2.45, 2.75) is 51.3 Å². The second kappa shape index (κ2) is 10.1. The fraction of sp³-hybridized carbons (Fsp3) is 0.333. The molecule has 1 saturated heterocycles. The molecular formula is C30H31N7O2. The first-order chi connectivity index (χ1) is 19.2. The predicted octanol–water partition coefficient (Wildman–Crippen LogP) is 6.46. The molecule has 3 aromatic heterocycles. The number of fused-ring (bicyclic) bond motifs is 2. The van der Waals surface area contributed by atoms with Crippen LogP contribution in [0.2, 0.25) is 0 Å². The molecule has 1 aliphatic heterocycles. The predicted molar refractivity (Wildman–Crippen MR) is 152 cm³/mol. The first-order valence-corrected chi connectivity index (χ1v) is 13.8. The molecule has 1 unspecified atom stereocenters. The van der Waals surface area contributed by atoms with Gasteiger partial charge in [0.1, 0.15) is 12.0 Å². The van der Waals surface area contributed by atoms with E-state index >= 15 is 0 Å². The third-order valence-electron chi connectivity index (χ3n) is 7.26. The highest BCUT2D eigenvalue weighted by Crippen LogP contribution is 2.34. The molecule has 2 N–H and O–H groups in total. The molecule has 5 aromatic rings. The zero-order valence-electron chi connectivity index (χ0n) is 21.9. The lowest BCUT2D eigenvalue weighted by Crippen LogP contribution is -2.18. The minimum absolute atomic E-state index is 0.0537. The van der Waals surface area contributed by atoms with Crippen LogP contribution in [-0.4, -0.2) is 43.8 Å². The zero-order valence-corrected chi connectivity index (χ0v) is 21.9. The average Bonchev–Trinajstić information content (AvgIpc) is 3.68. The van der Waals surface area contributed by atoms with Crippen molar-refractivity contribution in [2.75, 3.05) is 23.8 Å². The molecule has 198 valence electrons. The number of hydrogen-bond acceptors (Lipinski definition) is 8. The van der Waals surface area contributed by atoms with Gasteiger partial charge in [-0.2, -0.15) is 9.97 Å². The Morgan fingerprint density at radius 2 is 1.97 bits per heavy atom. The van der Waals surface area contributed by atoms with Crippen LogP contribution in [0.3, 0.4) is 0 Å². The number of rotatable bonds is 8. The van der Waals surface area contributed by atoms with E-state index in [-0.39, 0.29) is 6.23 Å². The molecule has 1 atom stereocenters. The van der Waals surface area contributed by atoms with E-state index in [1.165, 1.54) is 0 Å². The number of hydrogen-bond donors (Lipinski definition) is 2. The smallest absolute Gasteiger partial charge is 0.231 e. The van der Waals surface area contributed by atoms with Crippen molar-refractivity contribution in [1.29, 1.82) is 0 Å². The topological polar surface area (TPSA) is 99.0 Å². The maximum Gasteiger partial charge on any atom is 0.231 e. The molecule has 2 aliphatic rings. The van der Waals surface area contributed by atoms with Gasteiger partial charge in [-0.25, -0.2) is 4.98 Å². The molecule has 1 saturated carbocycles. The molecule has 1 aliphatic carbocycles. The van der Waals surface area contributed by atoms with Crippen LogP contribution in [0.5, 0.6) is 5.75 Å². The van der Waals surface area contributed by atoms with Crippen LogP contribution in [0.1, 0.15) is 45.3 Å². The SMILES string of the molecule is CCOc1cccc(-c2ccnc3ccc(Nc4nc(NC5CC5)c5ncn(C6CCCCO6)c5n4)cc23)c1. The number of nitrogens with one attached hydrogen (secondary N) is 2. The van der Waals surface area contributed by atoms with E-state index in [4.69, 9.17) is 19.4 Å². The Balaban J connectivity index is 1.27. The summed E-state index contributed by atoms with van der Waals surface area (Å²) < 4.78 is 13.8. The molecule has 9 nitrogen and oxygen atoms in total. The van der Waals surface area contributed by atoms with Gasteiger partial charge in [0, 0.05) is 29.9 Å². The fourth-order valence-corrected chi connectivity index (χ4v) is 5.17. The largest absolute Gasteiger partial charge is 0.494 e. The van der Waals surface area contributed by atoms with Gasteiger partial charge < -0.3 is 20.1 Å². The van der Waals surface area contributed by atoms with Gasteiger partial charge in [-0.3, -0.25) is 9.55 Å². The third kappa shape index (κ3) is 4.85. The quantitative estimate of drug-likeness (QED) is 0.240. The normalized spacial score (nSPS) is 17.4. The number of ether oxygens (including phenoxy) is 2. The summed E-state index contributed by atoms with van der Waals surface area (Å²) in [7, 11) is 0. The Hall–Kier alpha value is -4.24. The van der Waals surface area contributed by atoms with Crippen LogP contribution in [0.15, 0.2) is 61.1 Å². The monoisotopic (exact) mass is 521 g/mol. The Labute approximate surface area is 226 Å². The summed E-state index contributed by atoms with van der Waals surface area (Å²) in [6.45, 7) is 3.38. The number of anilines is 3. The van der Waals surface area contributed by atoms with Gasteiger partial charge in [-0.15, -0.1) is 0 Å². The Morgan fingerprint density at radius 1 is 1.03 bits per heavy atom. The summed E-state index contributed by atoms with van der Waals surface area (Å²) in [4.78, 5) is 19.0. The highest BCUT2D eigenvalue weighted by Gasteiger charge is 2.26. The molecule has 39 heavy (non-hydrogen) atoms. The molecule has 0 radical (unpaired) electrons. The summed E-state index contributed by atoms with van der Waals surface area (Å²) in [5.74, 6) is 2.13. The lowest BCUT2D eigenvalue weighted by Gasteiger charge is -2.24. The van der Waals surface area contributed by atoms with Crippen LogP contribution in [0.25, 0.3) is 33.2 Å². The van der Waals surface area contributed by atoms with Gasteiger partial charge in [0.15, 0.2) is 17.0 Å². The number of benzene rings is 2. The molecular weight excluding hydrogens is 490 g/mol. The van der Waals surface area contributed by atoms with E-state index in [9.17, 15) is 0 Å². The van der Waals surface area contributed by atoms with Gasteiger partial charge in [-0.1, -0.05) is 12.1 Å². The lowest BCUT2D eigenvalue weighted by molar-refractivity contribution is -0.0298. The van der Waals surface area contributed by atoms with Crippen molar-refractivity contribution in [2.24, 2.45) is 0 Å². The number of imidazole rings is 1. The van der Waals surface area contributed by atoms with E-state index in [0.717, 1.165) is 89.2 Å². The maximum atomic E-state index is 6.05. The van der Waals surface area contributed by atoms with Gasteiger partial charge in [-0.05, 0) is 86.6 Å². The minimum Gasteiger partial charge on any atom is -0.494 e. The average molecular weight is 522 g/mol. The van der Waals surface area contributed by atoms with Gasteiger partial charge in [0.05, 0.1) is 18.5 Å². The molecule has 4 heterocycles. The highest BCUT2D eigenvalue weighted by molar-refractivity contribution is 5.96. The molecule has 0 bridgehead atoms. The summed E-state index contributed by atoms with van der Waals surface area (Å²) >= 11 is 0. The van der Waals surface area contributed by atoms with E-state index in [1.54, 1.807) is 0 Å². The van der Waals surface area contributed by atoms with Gasteiger partial charge in [0.25, 0.3) is 0 Å². The summed E-state index contributed by atoms with van der Waals surface area (Å²) in [6, 6.07) is 16.8. The first kappa shape index (κ1) is 23.8. The zero-order chi connectivity index (χ0) is 26.2. The second-order valence-corrected chi connectivity index (χ2v) is 10.1. The van der Waals surface area contributed by atoms with Crippen molar-refractivity contribution in [1.82, 2.24) is 24.5 Å². The van der Waals surface area contributed by atoms with E-state index in [0.29, 0.717) is 18.6 Å². The molecule has 9 heteroatoms. The fourth-order valence-electron chi connectivity index (χ4n) is 5.17. The van der Waals surface area contributed by atoms with Crippen LogP contribution >= 0.6 is 0 Å². The van der Waals surface area contributed by atoms with Crippen LogP contribution < -0.4 is 15.4 Å². The molecule has 2 aromatic carbocycles.